The number of hydrogen-bond donors (Lipinski definition) is 4. The van der Waals surface area contributed by atoms with Crippen molar-refractivity contribution in [3.05, 3.63) is 30.0 Å². The molecule has 5 rings (SSSR count). The Kier molecular flexibility index (Phi) is 8.86. The second-order valence-electron chi connectivity index (χ2n) is 9.46. The lowest BCUT2D eigenvalue weighted by Crippen LogP contribution is -2.38. The Morgan fingerprint density at radius 1 is 1.31 bits per heavy atom. The van der Waals surface area contributed by atoms with Crippen LogP contribution in [0.5, 0.6) is 5.75 Å². The fourth-order valence-corrected chi connectivity index (χ4v) is 5.12. The molecule has 0 saturated heterocycles. The van der Waals surface area contributed by atoms with E-state index in [4.69, 9.17) is 15.2 Å². The topological polar surface area (TPSA) is 121 Å². The van der Waals surface area contributed by atoms with Gasteiger partial charge in [0.15, 0.2) is 0 Å². The van der Waals surface area contributed by atoms with Crippen molar-refractivity contribution in [3.8, 4) is 5.75 Å². The number of aromatic nitrogens is 1. The number of hydrazone groups is 1. The van der Waals surface area contributed by atoms with E-state index in [-0.39, 0.29) is 0 Å². The Bertz CT molecular complexity index is 1050. The van der Waals surface area contributed by atoms with Crippen LogP contribution in [0, 0.1) is 11.8 Å². The number of ether oxygens (including phenoxy) is 2. The molecule has 0 radical (unpaired) electrons. The van der Waals surface area contributed by atoms with Gasteiger partial charge in [-0.05, 0) is 55.7 Å². The number of aromatic amines is 1. The van der Waals surface area contributed by atoms with Gasteiger partial charge in [-0.15, -0.1) is 0 Å². The molecule has 2 saturated carbocycles. The maximum absolute atomic E-state index is 5.75. The van der Waals surface area contributed by atoms with Gasteiger partial charge in [-0.2, -0.15) is 5.10 Å². The number of methoxy groups -OCH3 is 1. The molecule has 1 aliphatic heterocycles. The molecule has 3 atom stereocenters. The van der Waals surface area contributed by atoms with Crippen LogP contribution in [0.4, 0.5) is 0 Å². The average molecular weight is 482 g/mol. The number of unbranched alkanes of at least 4 members (excludes halogenated alkanes) is 2. The molecule has 0 amide bonds. The average Bonchev–Trinajstić information content (AvgIpc) is 3.68. The van der Waals surface area contributed by atoms with Gasteiger partial charge in [0.1, 0.15) is 12.4 Å². The van der Waals surface area contributed by atoms with Crippen molar-refractivity contribution in [2.24, 2.45) is 32.7 Å². The van der Waals surface area contributed by atoms with E-state index in [1.165, 1.54) is 32.1 Å². The molecule has 9 nitrogen and oxygen atoms in total. The van der Waals surface area contributed by atoms with Crippen molar-refractivity contribution in [1.29, 1.82) is 0 Å². The lowest BCUT2D eigenvalue weighted by Gasteiger charge is -2.22. The van der Waals surface area contributed by atoms with E-state index in [0.29, 0.717) is 12.0 Å². The Hall–Kier alpha value is -3.23. The Morgan fingerprint density at radius 2 is 2.23 bits per heavy atom. The summed E-state index contributed by atoms with van der Waals surface area (Å²) in [6.07, 6.45) is 12.6. The number of guanidine groups is 1. The number of hydrogen-bond acceptors (Lipinski definition) is 6. The fraction of sp³-hybridized carbons (Fsp3) is 0.577. The van der Waals surface area contributed by atoms with Crippen molar-refractivity contribution < 1.29 is 9.47 Å². The van der Waals surface area contributed by atoms with Gasteiger partial charge in [0.05, 0.1) is 19.9 Å². The van der Waals surface area contributed by atoms with Gasteiger partial charge in [0, 0.05) is 35.2 Å². The van der Waals surface area contributed by atoms with Crippen LogP contribution in [0.2, 0.25) is 0 Å². The lowest BCUT2D eigenvalue weighted by molar-refractivity contribution is 0.306. The van der Waals surface area contributed by atoms with Gasteiger partial charge >= 0.3 is 0 Å². The minimum absolute atomic E-state index is 0.338. The number of nitrogens with zero attached hydrogens (tertiary/aromatic N) is 3. The first-order valence-corrected chi connectivity index (χ1v) is 12.8. The van der Waals surface area contributed by atoms with E-state index < -0.39 is 0 Å². The Balaban J connectivity index is 0.000000186. The number of benzene rings is 1. The summed E-state index contributed by atoms with van der Waals surface area (Å²) in [7, 11) is 1.65. The first-order chi connectivity index (χ1) is 17.2. The molecule has 35 heavy (non-hydrogen) atoms. The zero-order valence-electron chi connectivity index (χ0n) is 20.9. The van der Waals surface area contributed by atoms with Crippen molar-refractivity contribution in [1.82, 2.24) is 15.7 Å². The van der Waals surface area contributed by atoms with Gasteiger partial charge in [-0.25, -0.2) is 10.4 Å². The SMILES string of the molecule is C1COC(NC2C[C@@H]3CC[C@H]2C3)=N1.CCCCCN=C(N)N/N=C/c1c[nH]c2ccc(OC)cc12. The first-order valence-electron chi connectivity index (χ1n) is 12.8. The number of aliphatic imine (C=N–C) groups is 2. The number of nitrogens with one attached hydrogen (secondary N) is 3. The van der Waals surface area contributed by atoms with E-state index >= 15 is 0 Å². The molecule has 1 aromatic heterocycles. The van der Waals surface area contributed by atoms with E-state index in [2.05, 4.69) is 37.7 Å². The maximum Gasteiger partial charge on any atom is 0.285 e. The molecule has 2 fully saturated rings. The summed E-state index contributed by atoms with van der Waals surface area (Å²) in [5.74, 6) is 3.04. The van der Waals surface area contributed by atoms with E-state index in [9.17, 15) is 0 Å². The third-order valence-corrected chi connectivity index (χ3v) is 6.98. The number of rotatable bonds is 8. The molecule has 1 aromatic carbocycles. The highest BCUT2D eigenvalue weighted by Gasteiger charge is 2.40. The van der Waals surface area contributed by atoms with Crippen LogP contribution < -0.4 is 21.2 Å². The number of amidine groups is 1. The Morgan fingerprint density at radius 3 is 2.94 bits per heavy atom. The van der Waals surface area contributed by atoms with Gasteiger partial charge in [0.25, 0.3) is 6.02 Å². The van der Waals surface area contributed by atoms with Gasteiger partial charge in [-0.1, -0.05) is 26.2 Å². The summed E-state index contributed by atoms with van der Waals surface area (Å²) >= 11 is 0. The second kappa shape index (κ2) is 12.5. The van der Waals surface area contributed by atoms with Crippen LogP contribution in [-0.4, -0.2) is 56.0 Å². The molecule has 3 aliphatic rings. The molecule has 9 heteroatoms. The fourth-order valence-electron chi connectivity index (χ4n) is 5.12. The van der Waals surface area contributed by atoms with Crippen molar-refractivity contribution in [2.45, 2.75) is 57.9 Å². The molecule has 190 valence electrons. The smallest absolute Gasteiger partial charge is 0.285 e. The second-order valence-corrected chi connectivity index (χ2v) is 9.46. The summed E-state index contributed by atoms with van der Waals surface area (Å²) in [4.78, 5) is 11.7. The van der Waals surface area contributed by atoms with E-state index in [0.717, 1.165) is 72.6 Å². The third-order valence-electron chi connectivity index (χ3n) is 6.98. The number of nitrogens with two attached hydrogens (primary N) is 1. The van der Waals surface area contributed by atoms with Crippen molar-refractivity contribution in [2.75, 3.05) is 26.8 Å². The quantitative estimate of drug-likeness (QED) is 0.198. The highest BCUT2D eigenvalue weighted by atomic mass is 16.5. The molecular weight excluding hydrogens is 442 g/mol. The van der Waals surface area contributed by atoms with Gasteiger partial charge in [-0.3, -0.25) is 4.99 Å². The summed E-state index contributed by atoms with van der Waals surface area (Å²) in [5, 5.41) is 8.61. The summed E-state index contributed by atoms with van der Waals surface area (Å²) in [6.45, 7) is 4.49. The predicted octanol–water partition coefficient (Wildman–Crippen LogP) is 3.76. The zero-order chi connectivity index (χ0) is 24.5. The van der Waals surface area contributed by atoms with Crippen LogP contribution in [0.1, 0.15) is 57.4 Å². The van der Waals surface area contributed by atoms with Crippen LogP contribution in [-0.2, 0) is 4.74 Å². The van der Waals surface area contributed by atoms with Crippen LogP contribution >= 0.6 is 0 Å². The minimum atomic E-state index is 0.338. The highest BCUT2D eigenvalue weighted by Crippen LogP contribution is 2.44. The predicted molar refractivity (Wildman–Crippen MR) is 142 cm³/mol. The zero-order valence-corrected chi connectivity index (χ0v) is 20.9. The van der Waals surface area contributed by atoms with Crippen molar-refractivity contribution >= 4 is 29.1 Å². The van der Waals surface area contributed by atoms with Crippen LogP contribution in [0.3, 0.4) is 0 Å². The summed E-state index contributed by atoms with van der Waals surface area (Å²) in [5.41, 5.74) is 10.5. The monoisotopic (exact) mass is 481 g/mol. The molecule has 2 aliphatic carbocycles. The molecular formula is C26H39N7O2. The van der Waals surface area contributed by atoms with Crippen LogP contribution in [0.15, 0.2) is 39.5 Å². The van der Waals surface area contributed by atoms with Crippen LogP contribution in [0.25, 0.3) is 10.9 Å². The summed E-state index contributed by atoms with van der Waals surface area (Å²) in [6, 6.07) is 7.32. The number of fused-ring (bicyclic) bond motifs is 3. The summed E-state index contributed by atoms with van der Waals surface area (Å²) < 4.78 is 10.6. The van der Waals surface area contributed by atoms with Gasteiger partial charge < -0.3 is 25.5 Å². The molecule has 0 spiro atoms. The van der Waals surface area contributed by atoms with Gasteiger partial charge in [0.2, 0.25) is 5.96 Å². The van der Waals surface area contributed by atoms with E-state index in [1.807, 2.05) is 24.4 Å². The van der Waals surface area contributed by atoms with E-state index in [1.54, 1.807) is 13.3 Å². The van der Waals surface area contributed by atoms with Crippen molar-refractivity contribution in [3.63, 3.8) is 0 Å². The molecule has 1 unspecified atom stereocenters. The normalized spacial score (nSPS) is 23.2. The molecule has 2 aromatic rings. The minimum Gasteiger partial charge on any atom is -0.497 e. The Labute approximate surface area is 207 Å². The lowest BCUT2D eigenvalue weighted by atomic mass is 9.96. The first kappa shape index (κ1) is 24.9. The molecule has 2 bridgehead atoms. The molecule has 2 heterocycles. The number of H-pyrrole nitrogens is 1. The standard InChI is InChI=1S/C16H23N5O.C10H16N2O/c1-3-4-5-8-18-16(17)21-20-11-12-10-19-15-7-6-13(22-2)9-14(12)15;1-2-8-5-7(1)6-9(8)12-10-11-3-4-13-10/h6-7,9-11,19H,3-5,8H2,1-2H3,(H3,17,18,21);7-9H,1-6H2,(H,11,12)/b20-11+;/t;7-,8+,9?/m.1/s1. The maximum atomic E-state index is 5.75. The highest BCUT2D eigenvalue weighted by molar-refractivity contribution is 5.99. The molecule has 5 N–H and O–H groups in total. The largest absolute Gasteiger partial charge is 0.497 e. The third kappa shape index (κ3) is 6.90.